The quantitative estimate of drug-likeness (QED) is 0.895. The van der Waals surface area contributed by atoms with Gasteiger partial charge in [-0.1, -0.05) is 6.07 Å². The predicted molar refractivity (Wildman–Crippen MR) is 84.5 cm³/mol. The van der Waals surface area contributed by atoms with Crippen LogP contribution in [-0.4, -0.2) is 32.4 Å². The fourth-order valence-corrected chi connectivity index (χ4v) is 4.34. The molecule has 1 heterocycles. The highest BCUT2D eigenvalue weighted by molar-refractivity contribution is 7.91. The Morgan fingerprint density at radius 1 is 1.25 bits per heavy atom. The second-order valence-corrected chi connectivity index (χ2v) is 8.47. The topological polar surface area (TPSA) is 63.2 Å². The number of sulfone groups is 1. The molecule has 0 unspecified atom stereocenters. The smallest absolute Gasteiger partial charge is 0.352 e. The molecule has 8 heteroatoms. The van der Waals surface area contributed by atoms with Crippen LogP contribution in [0.1, 0.15) is 40.7 Å². The number of carbonyl (C=O) groups excluding carboxylic acids is 1. The fraction of sp³-hybridized carbons (Fsp3) is 0.562. The zero-order valence-corrected chi connectivity index (χ0v) is 14.1. The molecule has 0 atom stereocenters. The van der Waals surface area contributed by atoms with Crippen molar-refractivity contribution in [2.75, 3.05) is 18.1 Å². The molecule has 4 nitrogen and oxygen atoms in total. The molecule has 1 aliphatic heterocycles. The van der Waals surface area contributed by atoms with Gasteiger partial charge in [0.15, 0.2) is 0 Å². The van der Waals surface area contributed by atoms with E-state index in [1.807, 2.05) is 0 Å². The lowest BCUT2D eigenvalue weighted by atomic mass is 9.98. The second kappa shape index (κ2) is 7.13. The molecule has 1 amide bonds. The highest BCUT2D eigenvalue weighted by Crippen LogP contribution is 2.30. The van der Waals surface area contributed by atoms with Crippen molar-refractivity contribution in [3.63, 3.8) is 0 Å². The van der Waals surface area contributed by atoms with Gasteiger partial charge in [-0.05, 0) is 49.8 Å². The maximum atomic E-state index is 12.7. The Kier molecular flexibility index (Phi) is 5.57. The van der Waals surface area contributed by atoms with Gasteiger partial charge >= 0.3 is 6.18 Å². The Morgan fingerprint density at radius 3 is 2.46 bits per heavy atom. The van der Waals surface area contributed by atoms with Gasteiger partial charge in [0.25, 0.3) is 5.91 Å². The standard InChI is InChI=1S/C16H20F3NO3S/c1-11-2-3-13(16(17,18)19)10-14(11)15(21)20-7-4-12-5-8-24(22,23)9-6-12/h2-3,10,12H,4-9H2,1H3,(H,20,21). The molecule has 1 fully saturated rings. The lowest BCUT2D eigenvalue weighted by Crippen LogP contribution is -2.29. The first kappa shape index (κ1) is 18.8. The van der Waals surface area contributed by atoms with Gasteiger partial charge in [0, 0.05) is 12.1 Å². The van der Waals surface area contributed by atoms with E-state index in [-0.39, 0.29) is 23.0 Å². The zero-order chi connectivity index (χ0) is 18.0. The monoisotopic (exact) mass is 363 g/mol. The van der Waals surface area contributed by atoms with E-state index in [1.54, 1.807) is 6.92 Å². The Hall–Kier alpha value is -1.57. The van der Waals surface area contributed by atoms with Crippen LogP contribution in [-0.2, 0) is 16.0 Å². The molecule has 1 N–H and O–H groups in total. The van der Waals surface area contributed by atoms with Crippen LogP contribution in [0.5, 0.6) is 0 Å². The summed E-state index contributed by atoms with van der Waals surface area (Å²) in [5.41, 5.74) is -0.365. The maximum Gasteiger partial charge on any atom is 0.416 e. The molecule has 134 valence electrons. The average Bonchev–Trinajstić information content (AvgIpc) is 2.48. The third kappa shape index (κ3) is 4.96. The number of hydrogen-bond donors (Lipinski definition) is 1. The summed E-state index contributed by atoms with van der Waals surface area (Å²) in [4.78, 5) is 12.1. The minimum atomic E-state index is -4.49. The number of amides is 1. The minimum absolute atomic E-state index is 0.0102. The molecule has 1 saturated heterocycles. The summed E-state index contributed by atoms with van der Waals surface area (Å²) in [7, 11) is -2.92. The van der Waals surface area contributed by atoms with E-state index in [2.05, 4.69) is 5.32 Å². The molecule has 1 aromatic rings. The van der Waals surface area contributed by atoms with Crippen molar-refractivity contribution in [1.82, 2.24) is 5.32 Å². The number of hydrogen-bond acceptors (Lipinski definition) is 3. The Morgan fingerprint density at radius 2 is 1.88 bits per heavy atom. The van der Waals surface area contributed by atoms with Crippen LogP contribution < -0.4 is 5.32 Å². The summed E-state index contributed by atoms with van der Waals surface area (Å²) in [6.07, 6.45) is -2.73. The second-order valence-electron chi connectivity index (χ2n) is 6.17. The summed E-state index contributed by atoms with van der Waals surface area (Å²) in [5.74, 6) is 0.00919. The summed E-state index contributed by atoms with van der Waals surface area (Å²) < 4.78 is 60.9. The van der Waals surface area contributed by atoms with E-state index >= 15 is 0 Å². The van der Waals surface area contributed by atoms with Crippen LogP contribution in [0, 0.1) is 12.8 Å². The molecule has 0 aromatic heterocycles. The van der Waals surface area contributed by atoms with Gasteiger partial charge in [0.05, 0.1) is 17.1 Å². The van der Waals surface area contributed by atoms with Crippen LogP contribution in [0.3, 0.4) is 0 Å². The van der Waals surface area contributed by atoms with Crippen molar-refractivity contribution < 1.29 is 26.4 Å². The molecule has 1 aliphatic rings. The van der Waals surface area contributed by atoms with Gasteiger partial charge in [-0.25, -0.2) is 8.42 Å². The predicted octanol–water partition coefficient (Wildman–Crippen LogP) is 2.96. The molecule has 0 saturated carbocycles. The van der Waals surface area contributed by atoms with Crippen molar-refractivity contribution in [3.8, 4) is 0 Å². The first-order valence-electron chi connectivity index (χ1n) is 7.75. The molecule has 1 aromatic carbocycles. The van der Waals surface area contributed by atoms with Crippen LogP contribution in [0.2, 0.25) is 0 Å². The third-order valence-electron chi connectivity index (χ3n) is 4.32. The molecule has 0 bridgehead atoms. The van der Waals surface area contributed by atoms with Crippen LogP contribution in [0.15, 0.2) is 18.2 Å². The van der Waals surface area contributed by atoms with Crippen LogP contribution in [0.25, 0.3) is 0 Å². The molecule has 2 rings (SSSR count). The molecule has 24 heavy (non-hydrogen) atoms. The van der Waals surface area contributed by atoms with Crippen molar-refractivity contribution >= 4 is 15.7 Å². The Labute approximate surface area is 139 Å². The number of halogens is 3. The minimum Gasteiger partial charge on any atom is -0.352 e. The van der Waals surface area contributed by atoms with Crippen LogP contribution >= 0.6 is 0 Å². The third-order valence-corrected chi connectivity index (χ3v) is 6.04. The normalized spacial score (nSPS) is 18.3. The van der Waals surface area contributed by atoms with Gasteiger partial charge in [0.1, 0.15) is 9.84 Å². The highest BCUT2D eigenvalue weighted by Gasteiger charge is 2.31. The summed E-state index contributed by atoms with van der Waals surface area (Å²) in [5, 5.41) is 2.63. The first-order chi connectivity index (χ1) is 11.1. The van der Waals surface area contributed by atoms with E-state index in [1.165, 1.54) is 6.07 Å². The number of nitrogens with one attached hydrogen (secondary N) is 1. The molecule has 0 spiro atoms. The van der Waals surface area contributed by atoms with E-state index in [0.717, 1.165) is 12.1 Å². The molecular weight excluding hydrogens is 343 g/mol. The number of carbonyl (C=O) groups is 1. The summed E-state index contributed by atoms with van der Waals surface area (Å²) in [6.45, 7) is 1.90. The first-order valence-corrected chi connectivity index (χ1v) is 9.57. The Balaban J connectivity index is 1.91. The molecular formula is C16H20F3NO3S. The van der Waals surface area contributed by atoms with E-state index in [0.29, 0.717) is 31.4 Å². The fourth-order valence-electron chi connectivity index (χ4n) is 2.76. The average molecular weight is 363 g/mol. The largest absolute Gasteiger partial charge is 0.416 e. The lowest BCUT2D eigenvalue weighted by Gasteiger charge is -2.21. The molecule has 0 aliphatic carbocycles. The number of rotatable bonds is 4. The zero-order valence-electron chi connectivity index (χ0n) is 13.3. The maximum absolute atomic E-state index is 12.7. The van der Waals surface area contributed by atoms with Gasteiger partial charge in [-0.3, -0.25) is 4.79 Å². The number of aryl methyl sites for hydroxylation is 1. The van der Waals surface area contributed by atoms with Gasteiger partial charge < -0.3 is 5.32 Å². The van der Waals surface area contributed by atoms with Gasteiger partial charge in [-0.2, -0.15) is 13.2 Å². The lowest BCUT2D eigenvalue weighted by molar-refractivity contribution is -0.137. The summed E-state index contributed by atoms with van der Waals surface area (Å²) >= 11 is 0. The van der Waals surface area contributed by atoms with Gasteiger partial charge in [0.2, 0.25) is 0 Å². The van der Waals surface area contributed by atoms with E-state index in [9.17, 15) is 26.4 Å². The van der Waals surface area contributed by atoms with E-state index < -0.39 is 27.5 Å². The Bertz CT molecular complexity index is 700. The number of alkyl halides is 3. The van der Waals surface area contributed by atoms with Crippen molar-refractivity contribution in [1.29, 1.82) is 0 Å². The van der Waals surface area contributed by atoms with Crippen molar-refractivity contribution in [2.24, 2.45) is 5.92 Å². The van der Waals surface area contributed by atoms with Crippen LogP contribution in [0.4, 0.5) is 13.2 Å². The highest BCUT2D eigenvalue weighted by atomic mass is 32.2. The van der Waals surface area contributed by atoms with Gasteiger partial charge in [-0.15, -0.1) is 0 Å². The van der Waals surface area contributed by atoms with Crippen molar-refractivity contribution in [2.45, 2.75) is 32.4 Å². The number of benzene rings is 1. The molecule has 0 radical (unpaired) electrons. The SMILES string of the molecule is Cc1ccc(C(F)(F)F)cc1C(=O)NCCC1CCS(=O)(=O)CC1. The van der Waals surface area contributed by atoms with Crippen molar-refractivity contribution in [3.05, 3.63) is 34.9 Å². The summed E-state index contributed by atoms with van der Waals surface area (Å²) in [6, 6.07) is 3.09. The van der Waals surface area contributed by atoms with E-state index in [4.69, 9.17) is 0 Å².